The van der Waals surface area contributed by atoms with Gasteiger partial charge in [0.2, 0.25) is 0 Å². The van der Waals surface area contributed by atoms with Crippen molar-refractivity contribution in [1.82, 2.24) is 0 Å². The number of benzene rings is 1. The molecule has 0 saturated carbocycles. The maximum Gasteiger partial charge on any atom is 0.298 e. The molecule has 0 aromatic heterocycles. The van der Waals surface area contributed by atoms with Crippen LogP contribution in [0.2, 0.25) is 0 Å². The van der Waals surface area contributed by atoms with Gasteiger partial charge in [0, 0.05) is 0 Å². The summed E-state index contributed by atoms with van der Waals surface area (Å²) in [5.41, 5.74) is 0. The largest absolute Gasteiger partial charge is 0.429 e. The molecule has 1 rings (SSSR count). The predicted molar refractivity (Wildman–Crippen MR) is 55.7 cm³/mol. The van der Waals surface area contributed by atoms with E-state index in [1.807, 2.05) is 13.8 Å². The lowest BCUT2D eigenvalue weighted by Gasteiger charge is -1.93. The molecule has 1 aromatic carbocycles. The van der Waals surface area contributed by atoms with Crippen molar-refractivity contribution in [1.29, 1.82) is 0 Å². The van der Waals surface area contributed by atoms with E-state index in [1.54, 1.807) is 0 Å². The molecule has 0 bridgehead atoms. The molecule has 0 aliphatic heterocycles. The number of ether oxygens (including phenoxy) is 1. The maximum absolute atomic E-state index is 12.2. The highest BCUT2D eigenvalue weighted by molar-refractivity contribution is 5.44. The SMILES string of the molecule is C=C.CC.O=COc1ccc(F)cc1. The van der Waals surface area contributed by atoms with Gasteiger partial charge < -0.3 is 4.74 Å². The van der Waals surface area contributed by atoms with Crippen LogP contribution in [0.4, 0.5) is 4.39 Å². The van der Waals surface area contributed by atoms with Gasteiger partial charge in [0.25, 0.3) is 6.47 Å². The van der Waals surface area contributed by atoms with Gasteiger partial charge in [-0.3, -0.25) is 4.79 Å². The zero-order chi connectivity index (χ0) is 11.4. The molecular weight excluding hydrogens is 183 g/mol. The summed E-state index contributed by atoms with van der Waals surface area (Å²) in [4.78, 5) is 9.74. The number of hydrogen-bond donors (Lipinski definition) is 0. The lowest BCUT2D eigenvalue weighted by Crippen LogP contribution is -1.87. The van der Waals surface area contributed by atoms with Gasteiger partial charge >= 0.3 is 0 Å². The highest BCUT2D eigenvalue weighted by atomic mass is 19.1. The quantitative estimate of drug-likeness (QED) is 0.539. The number of hydrogen-bond acceptors (Lipinski definition) is 2. The van der Waals surface area contributed by atoms with E-state index in [-0.39, 0.29) is 5.82 Å². The van der Waals surface area contributed by atoms with Crippen molar-refractivity contribution in [3.05, 3.63) is 43.2 Å². The summed E-state index contributed by atoms with van der Waals surface area (Å²) >= 11 is 0. The minimum absolute atomic E-state index is 0.299. The molecule has 0 radical (unpaired) electrons. The van der Waals surface area contributed by atoms with Crippen molar-refractivity contribution in [2.45, 2.75) is 13.8 Å². The van der Waals surface area contributed by atoms with E-state index in [0.29, 0.717) is 12.2 Å². The molecule has 0 spiro atoms. The Morgan fingerprint density at radius 2 is 1.64 bits per heavy atom. The van der Waals surface area contributed by atoms with Gasteiger partial charge in [-0.15, -0.1) is 13.2 Å². The first-order valence-corrected chi connectivity index (χ1v) is 4.19. The third-order valence-corrected chi connectivity index (χ3v) is 0.998. The third kappa shape index (κ3) is 7.03. The predicted octanol–water partition coefficient (Wildman–Crippen LogP) is 3.19. The fourth-order valence-corrected chi connectivity index (χ4v) is 0.569. The van der Waals surface area contributed by atoms with Gasteiger partial charge in [0.15, 0.2) is 0 Å². The first-order chi connectivity index (χ1) is 6.83. The summed E-state index contributed by atoms with van der Waals surface area (Å²) < 4.78 is 16.6. The second-order valence-corrected chi connectivity index (χ2v) is 1.67. The lowest BCUT2D eigenvalue weighted by molar-refractivity contribution is -0.120. The Morgan fingerprint density at radius 1 is 1.21 bits per heavy atom. The summed E-state index contributed by atoms with van der Waals surface area (Å²) in [7, 11) is 0. The van der Waals surface area contributed by atoms with Crippen molar-refractivity contribution in [3.8, 4) is 5.75 Å². The Labute approximate surface area is 84.0 Å². The molecule has 1 aromatic rings. The van der Waals surface area contributed by atoms with Crippen molar-refractivity contribution < 1.29 is 13.9 Å². The molecule has 0 unspecified atom stereocenters. The third-order valence-electron chi connectivity index (χ3n) is 0.998. The topological polar surface area (TPSA) is 26.3 Å². The smallest absolute Gasteiger partial charge is 0.298 e. The van der Waals surface area contributed by atoms with Crippen LogP contribution in [-0.4, -0.2) is 6.47 Å². The minimum atomic E-state index is -0.349. The molecule has 14 heavy (non-hydrogen) atoms. The Hall–Kier alpha value is -1.64. The van der Waals surface area contributed by atoms with E-state index in [9.17, 15) is 9.18 Å². The molecule has 0 aliphatic rings. The second-order valence-electron chi connectivity index (χ2n) is 1.67. The van der Waals surface area contributed by atoms with Crippen molar-refractivity contribution in [3.63, 3.8) is 0 Å². The normalized spacial score (nSPS) is 7.07. The molecule has 0 atom stereocenters. The molecule has 0 aliphatic carbocycles. The Morgan fingerprint density at radius 3 is 2.00 bits per heavy atom. The Bertz CT molecular complexity index is 232. The zero-order valence-electron chi connectivity index (χ0n) is 8.50. The van der Waals surface area contributed by atoms with Crippen LogP contribution >= 0.6 is 0 Å². The van der Waals surface area contributed by atoms with Gasteiger partial charge in [-0.25, -0.2) is 4.39 Å². The summed E-state index contributed by atoms with van der Waals surface area (Å²) in [5, 5.41) is 0. The highest BCUT2D eigenvalue weighted by Gasteiger charge is 1.90. The van der Waals surface area contributed by atoms with E-state index in [0.717, 1.165) is 0 Å². The molecule has 2 nitrogen and oxygen atoms in total. The average Bonchev–Trinajstić information content (AvgIpc) is 2.28. The van der Waals surface area contributed by atoms with Crippen LogP contribution in [0.5, 0.6) is 5.75 Å². The molecule has 0 amide bonds. The molecule has 0 saturated heterocycles. The fraction of sp³-hybridized carbons (Fsp3) is 0.182. The van der Waals surface area contributed by atoms with E-state index in [1.165, 1.54) is 24.3 Å². The summed E-state index contributed by atoms with van der Waals surface area (Å²) in [6, 6.07) is 5.20. The summed E-state index contributed by atoms with van der Waals surface area (Å²) in [6.45, 7) is 10.3. The molecular formula is C11H15FO2. The second kappa shape index (κ2) is 11.4. The van der Waals surface area contributed by atoms with Crippen molar-refractivity contribution in [2.75, 3.05) is 0 Å². The summed E-state index contributed by atoms with van der Waals surface area (Å²) in [5.74, 6) is -0.00495. The van der Waals surface area contributed by atoms with Gasteiger partial charge in [-0.1, -0.05) is 13.8 Å². The molecule has 0 heterocycles. The maximum atomic E-state index is 12.2. The van der Waals surface area contributed by atoms with Crippen LogP contribution < -0.4 is 4.74 Å². The van der Waals surface area contributed by atoms with Gasteiger partial charge in [0.1, 0.15) is 11.6 Å². The van der Waals surface area contributed by atoms with E-state index in [2.05, 4.69) is 17.9 Å². The van der Waals surface area contributed by atoms with Gasteiger partial charge in [-0.05, 0) is 24.3 Å². The van der Waals surface area contributed by atoms with E-state index >= 15 is 0 Å². The molecule has 78 valence electrons. The van der Waals surface area contributed by atoms with Crippen LogP contribution in [0.3, 0.4) is 0 Å². The van der Waals surface area contributed by atoms with Gasteiger partial charge in [0.05, 0.1) is 0 Å². The first-order valence-electron chi connectivity index (χ1n) is 4.19. The van der Waals surface area contributed by atoms with Crippen LogP contribution in [0.1, 0.15) is 13.8 Å². The number of carbonyl (C=O) groups excluding carboxylic acids is 1. The number of rotatable bonds is 2. The highest BCUT2D eigenvalue weighted by Crippen LogP contribution is 2.09. The van der Waals surface area contributed by atoms with E-state index in [4.69, 9.17) is 0 Å². The number of carbonyl (C=O) groups is 1. The summed E-state index contributed by atoms with van der Waals surface area (Å²) in [6.07, 6.45) is 0. The van der Waals surface area contributed by atoms with E-state index < -0.39 is 0 Å². The fourth-order valence-electron chi connectivity index (χ4n) is 0.569. The lowest BCUT2D eigenvalue weighted by atomic mass is 10.3. The standard InChI is InChI=1S/C7H5FO2.C2H6.C2H4/c8-6-1-3-7(4-2-6)10-5-9;2*1-2/h1-5H;1-2H3;1-2H2. The average molecular weight is 198 g/mol. The van der Waals surface area contributed by atoms with Crippen LogP contribution in [0.15, 0.2) is 37.4 Å². The molecule has 0 N–H and O–H groups in total. The van der Waals surface area contributed by atoms with Crippen LogP contribution in [0.25, 0.3) is 0 Å². The first kappa shape index (κ1) is 14.9. The van der Waals surface area contributed by atoms with Crippen molar-refractivity contribution >= 4 is 6.47 Å². The van der Waals surface area contributed by atoms with Crippen LogP contribution in [0, 0.1) is 5.82 Å². The van der Waals surface area contributed by atoms with Crippen LogP contribution in [-0.2, 0) is 4.79 Å². The zero-order valence-corrected chi connectivity index (χ0v) is 8.50. The monoisotopic (exact) mass is 198 g/mol. The number of halogens is 1. The molecule has 3 heteroatoms. The Kier molecular flexibility index (Phi) is 12.1. The Balaban J connectivity index is 0. The van der Waals surface area contributed by atoms with Gasteiger partial charge in [-0.2, -0.15) is 0 Å². The van der Waals surface area contributed by atoms with Crippen molar-refractivity contribution in [2.24, 2.45) is 0 Å². The minimum Gasteiger partial charge on any atom is -0.429 e. The molecule has 0 fully saturated rings.